The van der Waals surface area contributed by atoms with Crippen LogP contribution in [-0.4, -0.2) is 76.3 Å². The maximum absolute atomic E-state index is 12.9. The number of nitrogens with one attached hydrogen (secondary N) is 3. The fraction of sp³-hybridized carbons (Fsp3) is 0.750. The van der Waals surface area contributed by atoms with Crippen LogP contribution in [0.5, 0.6) is 0 Å². The van der Waals surface area contributed by atoms with Gasteiger partial charge in [-0.15, -0.1) is 0 Å². The number of carbonyl (C=O) groups is 5. The predicted molar refractivity (Wildman–Crippen MR) is 124 cm³/mol. The zero-order chi connectivity index (χ0) is 25.6. The standard InChI is InChI=1S/C20H37N5O7S/c1-11(2)9-15(19(30)24-14(20(31)32)6-7-16(26)27)25-18(29)13(5-3-4-8-21)23-17(28)12(22)10-33/h11-15,33H,3-10,21-22H2,1-2H3,(H,23,28)(H,24,30)(H,25,29)(H,26,27)(H,31,32). The van der Waals surface area contributed by atoms with E-state index in [0.717, 1.165) is 0 Å². The normalized spacial score (nSPS) is 14.6. The molecule has 9 N–H and O–H groups in total. The van der Waals surface area contributed by atoms with Crippen molar-refractivity contribution < 1.29 is 34.2 Å². The molecule has 0 saturated heterocycles. The number of carboxylic acids is 2. The summed E-state index contributed by atoms with van der Waals surface area (Å²) in [6.45, 7) is 4.04. The summed E-state index contributed by atoms with van der Waals surface area (Å²) < 4.78 is 0. The Balaban J connectivity index is 5.45. The van der Waals surface area contributed by atoms with Gasteiger partial charge in [-0.05, 0) is 44.6 Å². The first-order valence-electron chi connectivity index (χ1n) is 10.8. The minimum absolute atomic E-state index is 0.0359. The number of carbonyl (C=O) groups excluding carboxylic acids is 3. The summed E-state index contributed by atoms with van der Waals surface area (Å²) in [5, 5.41) is 25.5. The summed E-state index contributed by atoms with van der Waals surface area (Å²) in [6, 6.07) is -4.40. The molecule has 3 amide bonds. The average Bonchev–Trinajstić information content (AvgIpc) is 2.73. The lowest BCUT2D eigenvalue weighted by Gasteiger charge is -2.26. The van der Waals surface area contributed by atoms with Gasteiger partial charge >= 0.3 is 11.9 Å². The van der Waals surface area contributed by atoms with Crippen LogP contribution < -0.4 is 27.4 Å². The minimum Gasteiger partial charge on any atom is -0.481 e. The Morgan fingerprint density at radius 2 is 1.39 bits per heavy atom. The fourth-order valence-electron chi connectivity index (χ4n) is 2.90. The van der Waals surface area contributed by atoms with Gasteiger partial charge in [0.1, 0.15) is 18.1 Å². The summed E-state index contributed by atoms with van der Waals surface area (Å²) in [7, 11) is 0. The lowest BCUT2D eigenvalue weighted by molar-refractivity contribution is -0.143. The molecule has 0 aromatic carbocycles. The number of unbranched alkanes of at least 4 members (excludes halogenated alkanes) is 1. The lowest BCUT2D eigenvalue weighted by atomic mass is 10.0. The first kappa shape index (κ1) is 30.6. The molecule has 0 aromatic rings. The Morgan fingerprint density at radius 1 is 0.848 bits per heavy atom. The maximum atomic E-state index is 12.9. The fourth-order valence-corrected chi connectivity index (χ4v) is 3.06. The highest BCUT2D eigenvalue weighted by Gasteiger charge is 2.30. The molecular weight excluding hydrogens is 454 g/mol. The summed E-state index contributed by atoms with van der Waals surface area (Å²) in [5.41, 5.74) is 11.2. The molecule has 0 heterocycles. The summed E-state index contributed by atoms with van der Waals surface area (Å²) in [6.07, 6.45) is 0.875. The van der Waals surface area contributed by atoms with Crippen molar-refractivity contribution >= 4 is 42.3 Å². The number of aliphatic carboxylic acids is 2. The Bertz CT molecular complexity index is 677. The van der Waals surface area contributed by atoms with Gasteiger partial charge in [0.15, 0.2) is 0 Å². The Hall–Kier alpha value is -2.38. The third-order valence-electron chi connectivity index (χ3n) is 4.71. The van der Waals surface area contributed by atoms with Crippen LogP contribution in [0.3, 0.4) is 0 Å². The molecule has 4 unspecified atom stereocenters. The van der Waals surface area contributed by atoms with E-state index in [1.807, 2.05) is 13.8 Å². The van der Waals surface area contributed by atoms with Crippen molar-refractivity contribution in [3.05, 3.63) is 0 Å². The van der Waals surface area contributed by atoms with E-state index in [1.54, 1.807) is 0 Å². The van der Waals surface area contributed by atoms with Gasteiger partial charge in [-0.25, -0.2) is 4.79 Å². The molecule has 0 aliphatic carbocycles. The Kier molecular flexibility index (Phi) is 15.1. The van der Waals surface area contributed by atoms with Crippen molar-refractivity contribution in [3.63, 3.8) is 0 Å². The van der Waals surface area contributed by atoms with Crippen molar-refractivity contribution in [1.82, 2.24) is 16.0 Å². The molecule has 0 rings (SSSR count). The summed E-state index contributed by atoms with van der Waals surface area (Å²) >= 11 is 3.97. The van der Waals surface area contributed by atoms with Crippen LogP contribution >= 0.6 is 12.6 Å². The third kappa shape index (κ3) is 13.0. The summed E-state index contributed by atoms with van der Waals surface area (Å²) in [4.78, 5) is 60.0. The second-order valence-corrected chi connectivity index (χ2v) is 8.52. The van der Waals surface area contributed by atoms with E-state index in [0.29, 0.717) is 19.4 Å². The first-order chi connectivity index (χ1) is 15.4. The molecule has 0 bridgehead atoms. The number of rotatable bonds is 17. The van der Waals surface area contributed by atoms with Crippen molar-refractivity contribution in [2.24, 2.45) is 17.4 Å². The van der Waals surface area contributed by atoms with E-state index >= 15 is 0 Å². The van der Waals surface area contributed by atoms with Crippen molar-refractivity contribution in [2.75, 3.05) is 12.3 Å². The summed E-state index contributed by atoms with van der Waals surface area (Å²) in [5.74, 6) is -4.48. The smallest absolute Gasteiger partial charge is 0.326 e. The van der Waals surface area contributed by atoms with E-state index in [2.05, 4.69) is 28.6 Å². The van der Waals surface area contributed by atoms with E-state index < -0.39 is 60.2 Å². The van der Waals surface area contributed by atoms with Crippen LogP contribution in [0.15, 0.2) is 0 Å². The molecule has 190 valence electrons. The number of carboxylic acid groups (broad SMARTS) is 2. The number of amides is 3. The molecule has 12 nitrogen and oxygen atoms in total. The van der Waals surface area contributed by atoms with Crippen molar-refractivity contribution in [3.8, 4) is 0 Å². The number of nitrogens with two attached hydrogens (primary N) is 2. The minimum atomic E-state index is -1.42. The van der Waals surface area contributed by atoms with Gasteiger partial charge in [-0.1, -0.05) is 13.8 Å². The van der Waals surface area contributed by atoms with Crippen LogP contribution in [0.1, 0.15) is 52.4 Å². The van der Waals surface area contributed by atoms with Crippen molar-refractivity contribution in [2.45, 2.75) is 76.5 Å². The van der Waals surface area contributed by atoms with Crippen LogP contribution in [-0.2, 0) is 24.0 Å². The highest BCUT2D eigenvalue weighted by atomic mass is 32.1. The van der Waals surface area contributed by atoms with E-state index in [1.165, 1.54) is 0 Å². The van der Waals surface area contributed by atoms with Gasteiger partial charge in [0.2, 0.25) is 17.7 Å². The van der Waals surface area contributed by atoms with Gasteiger partial charge in [-0.2, -0.15) is 12.6 Å². The Morgan fingerprint density at radius 3 is 1.88 bits per heavy atom. The number of hydrogen-bond acceptors (Lipinski definition) is 8. The van der Waals surface area contributed by atoms with Crippen LogP contribution in [0.2, 0.25) is 0 Å². The zero-order valence-corrected chi connectivity index (χ0v) is 20.0. The zero-order valence-electron chi connectivity index (χ0n) is 19.1. The monoisotopic (exact) mass is 491 g/mol. The van der Waals surface area contributed by atoms with Gasteiger partial charge in [-0.3, -0.25) is 19.2 Å². The van der Waals surface area contributed by atoms with Crippen LogP contribution in [0.25, 0.3) is 0 Å². The average molecular weight is 492 g/mol. The molecule has 4 atom stereocenters. The van der Waals surface area contributed by atoms with E-state index in [9.17, 15) is 29.1 Å². The predicted octanol–water partition coefficient (Wildman–Crippen LogP) is -1.18. The lowest BCUT2D eigenvalue weighted by Crippen LogP contribution is -2.57. The molecule has 0 radical (unpaired) electrons. The largest absolute Gasteiger partial charge is 0.481 e. The van der Waals surface area contributed by atoms with Gasteiger partial charge in [0.25, 0.3) is 0 Å². The van der Waals surface area contributed by atoms with E-state index in [4.69, 9.17) is 16.6 Å². The molecule has 0 saturated carbocycles. The number of hydrogen-bond donors (Lipinski definition) is 8. The van der Waals surface area contributed by atoms with Gasteiger partial charge < -0.3 is 37.6 Å². The first-order valence-corrected chi connectivity index (χ1v) is 11.5. The van der Waals surface area contributed by atoms with Gasteiger partial charge in [0.05, 0.1) is 6.04 Å². The maximum Gasteiger partial charge on any atom is 0.326 e. The molecule has 13 heteroatoms. The topological polar surface area (TPSA) is 214 Å². The third-order valence-corrected chi connectivity index (χ3v) is 5.11. The molecule has 0 aromatic heterocycles. The molecule has 0 spiro atoms. The van der Waals surface area contributed by atoms with Gasteiger partial charge in [0, 0.05) is 12.2 Å². The van der Waals surface area contributed by atoms with Crippen molar-refractivity contribution in [1.29, 1.82) is 0 Å². The van der Waals surface area contributed by atoms with Crippen LogP contribution in [0, 0.1) is 5.92 Å². The highest BCUT2D eigenvalue weighted by molar-refractivity contribution is 7.80. The Labute approximate surface area is 199 Å². The van der Waals surface area contributed by atoms with E-state index in [-0.39, 0.29) is 30.9 Å². The SMILES string of the molecule is CC(C)CC(NC(=O)C(CCCCN)NC(=O)C(N)CS)C(=O)NC(CCC(=O)O)C(=O)O. The quantitative estimate of drug-likeness (QED) is 0.0906. The van der Waals surface area contributed by atoms with Crippen LogP contribution in [0.4, 0.5) is 0 Å². The molecule has 0 aliphatic rings. The highest BCUT2D eigenvalue weighted by Crippen LogP contribution is 2.09. The molecular formula is C20H37N5O7S. The molecule has 33 heavy (non-hydrogen) atoms. The molecule has 0 fully saturated rings. The number of thiol groups is 1. The molecule has 0 aliphatic heterocycles. The second-order valence-electron chi connectivity index (χ2n) is 8.16. The second kappa shape index (κ2) is 16.3.